The van der Waals surface area contributed by atoms with E-state index < -0.39 is 12.0 Å². The number of esters is 1. The van der Waals surface area contributed by atoms with Crippen molar-refractivity contribution in [2.75, 3.05) is 13.2 Å². The summed E-state index contributed by atoms with van der Waals surface area (Å²) in [6, 6.07) is 21.1. The van der Waals surface area contributed by atoms with E-state index in [1.807, 2.05) is 67.7 Å². The summed E-state index contributed by atoms with van der Waals surface area (Å²) in [5.41, 5.74) is 4.06. The maximum absolute atomic E-state index is 14.2. The average Bonchev–Trinajstić information content (AvgIpc) is 3.50. The van der Waals surface area contributed by atoms with Crippen LogP contribution in [0, 0.1) is 5.82 Å². The molecule has 0 saturated heterocycles. The van der Waals surface area contributed by atoms with Gasteiger partial charge in [0.1, 0.15) is 17.6 Å². The first kappa shape index (κ1) is 28.4. The standard InChI is InChI=1S/C34H30FN3O4S/c1-4-41-28-13-9-7-11-26(28)31-30(33(40)42-5-2)21(3)36-34-38(31)32(39)29(43-34)18-23-20-37(27-12-8-6-10-25(23)27)19-22-14-16-24(35)17-15-22/h6-18,20,31H,4-5,19H2,1-3H3/t31-/m0/s1. The average molecular weight is 596 g/mol. The highest BCUT2D eigenvalue weighted by molar-refractivity contribution is 7.07. The molecule has 1 atom stereocenters. The number of halogens is 1. The fourth-order valence-corrected chi connectivity index (χ4v) is 6.57. The Kier molecular flexibility index (Phi) is 7.82. The van der Waals surface area contributed by atoms with Gasteiger partial charge in [0.15, 0.2) is 4.80 Å². The van der Waals surface area contributed by atoms with Crippen LogP contribution in [-0.4, -0.2) is 28.3 Å². The van der Waals surface area contributed by atoms with Crippen LogP contribution in [0.5, 0.6) is 5.75 Å². The van der Waals surface area contributed by atoms with E-state index in [1.54, 1.807) is 30.5 Å². The highest BCUT2D eigenvalue weighted by Gasteiger charge is 2.35. The maximum Gasteiger partial charge on any atom is 0.338 e. The molecule has 3 aromatic carbocycles. The highest BCUT2D eigenvalue weighted by Crippen LogP contribution is 2.36. The minimum atomic E-state index is -0.764. The van der Waals surface area contributed by atoms with E-state index in [2.05, 4.69) is 4.57 Å². The predicted octanol–water partition coefficient (Wildman–Crippen LogP) is 5.34. The zero-order valence-electron chi connectivity index (χ0n) is 24.0. The van der Waals surface area contributed by atoms with Gasteiger partial charge in [-0.1, -0.05) is 59.9 Å². The van der Waals surface area contributed by atoms with E-state index in [0.29, 0.717) is 45.1 Å². The number of benzene rings is 3. The molecule has 0 bridgehead atoms. The first-order chi connectivity index (χ1) is 20.9. The summed E-state index contributed by atoms with van der Waals surface area (Å²) >= 11 is 1.28. The molecule has 3 heterocycles. The van der Waals surface area contributed by atoms with Gasteiger partial charge in [0.25, 0.3) is 5.56 Å². The molecular formula is C34H30FN3O4S. The SMILES string of the molecule is CCOC(=O)C1=C(C)N=c2sc(=Cc3cn(Cc4ccc(F)cc4)c4ccccc34)c(=O)n2[C@H]1c1ccccc1OCC. The first-order valence-corrected chi connectivity index (χ1v) is 14.9. The molecule has 0 radical (unpaired) electrons. The summed E-state index contributed by atoms with van der Waals surface area (Å²) in [6.07, 6.45) is 3.88. The van der Waals surface area contributed by atoms with Gasteiger partial charge >= 0.3 is 5.97 Å². The number of allylic oxidation sites excluding steroid dienone is 1. The van der Waals surface area contributed by atoms with Gasteiger partial charge in [-0.3, -0.25) is 9.36 Å². The number of para-hydroxylation sites is 2. The normalized spacial score (nSPS) is 15.0. The molecule has 0 N–H and O–H groups in total. The minimum absolute atomic E-state index is 0.196. The van der Waals surface area contributed by atoms with Crippen LogP contribution in [0.3, 0.4) is 0 Å². The van der Waals surface area contributed by atoms with Gasteiger partial charge in [0.2, 0.25) is 0 Å². The molecule has 0 saturated carbocycles. The number of nitrogens with zero attached hydrogens (tertiary/aromatic N) is 3. The molecule has 0 fully saturated rings. The first-order valence-electron chi connectivity index (χ1n) is 14.1. The topological polar surface area (TPSA) is 74.8 Å². The van der Waals surface area contributed by atoms with E-state index in [4.69, 9.17) is 14.5 Å². The van der Waals surface area contributed by atoms with Crippen LogP contribution in [0.2, 0.25) is 0 Å². The third-order valence-electron chi connectivity index (χ3n) is 7.40. The van der Waals surface area contributed by atoms with Crippen molar-refractivity contribution in [2.24, 2.45) is 4.99 Å². The van der Waals surface area contributed by atoms with Gasteiger partial charge in [0, 0.05) is 34.8 Å². The van der Waals surface area contributed by atoms with Crippen molar-refractivity contribution in [3.05, 3.63) is 132 Å². The predicted molar refractivity (Wildman–Crippen MR) is 165 cm³/mol. The Bertz CT molecular complexity index is 2050. The largest absolute Gasteiger partial charge is 0.494 e. The lowest BCUT2D eigenvalue weighted by molar-refractivity contribution is -0.139. The molecule has 6 rings (SSSR count). The molecule has 218 valence electrons. The Morgan fingerprint density at radius 2 is 1.77 bits per heavy atom. The van der Waals surface area contributed by atoms with Crippen molar-refractivity contribution in [1.82, 2.24) is 9.13 Å². The van der Waals surface area contributed by atoms with Crippen LogP contribution in [0.1, 0.15) is 43.5 Å². The molecule has 0 amide bonds. The molecule has 0 spiro atoms. The quantitative estimate of drug-likeness (QED) is 0.227. The number of aromatic nitrogens is 2. The highest BCUT2D eigenvalue weighted by atomic mass is 32.1. The van der Waals surface area contributed by atoms with Crippen molar-refractivity contribution in [3.8, 4) is 5.75 Å². The van der Waals surface area contributed by atoms with Crippen LogP contribution >= 0.6 is 11.3 Å². The summed E-state index contributed by atoms with van der Waals surface area (Å²) in [7, 11) is 0. The molecule has 7 nitrogen and oxygen atoms in total. The number of fused-ring (bicyclic) bond motifs is 2. The Morgan fingerprint density at radius 3 is 2.53 bits per heavy atom. The van der Waals surface area contributed by atoms with Gasteiger partial charge in [-0.25, -0.2) is 14.2 Å². The lowest BCUT2D eigenvalue weighted by atomic mass is 9.95. The van der Waals surface area contributed by atoms with Gasteiger partial charge in [0.05, 0.1) is 29.0 Å². The number of ether oxygens (including phenoxy) is 2. The Morgan fingerprint density at radius 1 is 1.02 bits per heavy atom. The summed E-state index contributed by atoms with van der Waals surface area (Å²) in [5, 5.41) is 0.983. The van der Waals surface area contributed by atoms with Crippen molar-refractivity contribution in [2.45, 2.75) is 33.4 Å². The van der Waals surface area contributed by atoms with E-state index in [0.717, 1.165) is 22.0 Å². The number of carbonyl (C=O) groups is 1. The van der Waals surface area contributed by atoms with Crippen molar-refractivity contribution in [1.29, 1.82) is 0 Å². The van der Waals surface area contributed by atoms with Crippen LogP contribution < -0.4 is 19.6 Å². The van der Waals surface area contributed by atoms with Crippen LogP contribution in [0.15, 0.2) is 100 Å². The van der Waals surface area contributed by atoms with Crippen molar-refractivity contribution >= 4 is 34.3 Å². The van der Waals surface area contributed by atoms with Crippen LogP contribution in [0.25, 0.3) is 17.0 Å². The van der Waals surface area contributed by atoms with E-state index in [9.17, 15) is 14.0 Å². The second-order valence-corrected chi connectivity index (χ2v) is 11.1. The zero-order valence-corrected chi connectivity index (χ0v) is 24.9. The Labute approximate surface area is 251 Å². The molecule has 9 heteroatoms. The molecule has 5 aromatic rings. The monoisotopic (exact) mass is 595 g/mol. The second-order valence-electron chi connectivity index (χ2n) is 10.1. The molecule has 2 aromatic heterocycles. The summed E-state index contributed by atoms with van der Waals surface area (Å²) in [6.45, 7) is 6.58. The molecular weight excluding hydrogens is 565 g/mol. The molecule has 1 aliphatic rings. The summed E-state index contributed by atoms with van der Waals surface area (Å²) < 4.78 is 29.0. The number of hydrogen-bond acceptors (Lipinski definition) is 6. The molecule has 0 aliphatic carbocycles. The van der Waals surface area contributed by atoms with E-state index in [-0.39, 0.29) is 18.0 Å². The maximum atomic E-state index is 14.2. The number of thiazole rings is 1. The van der Waals surface area contributed by atoms with E-state index in [1.165, 1.54) is 23.5 Å². The fraction of sp³-hybridized carbons (Fsp3) is 0.206. The Hall–Kier alpha value is -4.76. The van der Waals surface area contributed by atoms with Crippen LogP contribution in [-0.2, 0) is 16.1 Å². The lowest BCUT2D eigenvalue weighted by Crippen LogP contribution is -2.40. The van der Waals surface area contributed by atoms with Gasteiger partial charge in [-0.15, -0.1) is 0 Å². The van der Waals surface area contributed by atoms with Crippen molar-refractivity contribution in [3.63, 3.8) is 0 Å². The minimum Gasteiger partial charge on any atom is -0.494 e. The van der Waals surface area contributed by atoms with Crippen molar-refractivity contribution < 1.29 is 18.7 Å². The molecule has 0 unspecified atom stereocenters. The van der Waals surface area contributed by atoms with Gasteiger partial charge in [-0.2, -0.15) is 0 Å². The fourth-order valence-electron chi connectivity index (χ4n) is 5.53. The lowest BCUT2D eigenvalue weighted by Gasteiger charge is -2.26. The van der Waals surface area contributed by atoms with E-state index >= 15 is 0 Å². The number of carbonyl (C=O) groups excluding carboxylic acids is 1. The zero-order chi connectivity index (χ0) is 30.1. The van der Waals surface area contributed by atoms with Gasteiger partial charge < -0.3 is 14.0 Å². The number of hydrogen-bond donors (Lipinski definition) is 0. The third kappa shape index (κ3) is 5.32. The van der Waals surface area contributed by atoms with Crippen LogP contribution in [0.4, 0.5) is 4.39 Å². The molecule has 43 heavy (non-hydrogen) atoms. The summed E-state index contributed by atoms with van der Waals surface area (Å²) in [5.74, 6) is -0.205. The number of rotatable bonds is 8. The molecule has 1 aliphatic heterocycles. The third-order valence-corrected chi connectivity index (χ3v) is 8.39. The Balaban J connectivity index is 1.52. The summed E-state index contributed by atoms with van der Waals surface area (Å²) in [4.78, 5) is 32.7. The second kappa shape index (κ2) is 11.9. The van der Waals surface area contributed by atoms with Gasteiger partial charge in [-0.05, 0) is 56.7 Å². The smallest absolute Gasteiger partial charge is 0.338 e.